The normalized spacial score (nSPS) is 10.5. The number of rotatable bonds is 6. The Hall–Kier alpha value is -2.14. The number of anilines is 1. The minimum atomic E-state index is -0.343. The summed E-state index contributed by atoms with van der Waals surface area (Å²) in [5.74, 6) is -0.113. The molecule has 4 nitrogen and oxygen atoms in total. The Morgan fingerprint density at radius 3 is 2.50 bits per heavy atom. The first-order valence-corrected chi connectivity index (χ1v) is 8.07. The third kappa shape index (κ3) is 5.00. The van der Waals surface area contributed by atoms with Crippen molar-refractivity contribution in [2.45, 2.75) is 20.3 Å². The number of nitrogens with one attached hydrogen (secondary N) is 1. The van der Waals surface area contributed by atoms with Crippen molar-refractivity contribution in [3.8, 4) is 0 Å². The van der Waals surface area contributed by atoms with Crippen molar-refractivity contribution in [1.82, 2.24) is 0 Å². The van der Waals surface area contributed by atoms with Gasteiger partial charge in [-0.15, -0.1) is 0 Å². The Morgan fingerprint density at radius 1 is 1.18 bits per heavy atom. The lowest BCUT2D eigenvalue weighted by atomic mass is 10.2. The summed E-state index contributed by atoms with van der Waals surface area (Å²) in [5, 5.41) is 6.71. The maximum atomic E-state index is 11.9. The van der Waals surface area contributed by atoms with E-state index < -0.39 is 0 Å². The summed E-state index contributed by atoms with van der Waals surface area (Å²) in [4.78, 5) is 23.7. The molecule has 0 atom stereocenters. The maximum Gasteiger partial charge on any atom is 0.338 e. The average Bonchev–Trinajstić information content (AvgIpc) is 2.98. The predicted octanol–water partition coefficient (Wildman–Crippen LogP) is 3.74. The van der Waals surface area contributed by atoms with Crippen LogP contribution in [0, 0.1) is 5.92 Å². The Morgan fingerprint density at radius 2 is 1.91 bits per heavy atom. The molecule has 116 valence electrons. The van der Waals surface area contributed by atoms with Crippen LogP contribution in [0.2, 0.25) is 0 Å². The van der Waals surface area contributed by atoms with Gasteiger partial charge in [-0.25, -0.2) is 4.79 Å². The summed E-state index contributed by atoms with van der Waals surface area (Å²) < 4.78 is 5.16. The second-order valence-corrected chi connectivity index (χ2v) is 6.21. The zero-order valence-electron chi connectivity index (χ0n) is 12.7. The summed E-state index contributed by atoms with van der Waals surface area (Å²) >= 11 is 1.57. The van der Waals surface area contributed by atoms with Crippen molar-refractivity contribution in [3.63, 3.8) is 0 Å². The molecular weight excluding hydrogens is 298 g/mol. The van der Waals surface area contributed by atoms with Crippen molar-refractivity contribution >= 4 is 28.9 Å². The first-order valence-electron chi connectivity index (χ1n) is 7.12. The summed E-state index contributed by atoms with van der Waals surface area (Å²) in [6.45, 7) is 4.37. The number of ether oxygens (including phenoxy) is 1. The fourth-order valence-corrected chi connectivity index (χ4v) is 2.47. The van der Waals surface area contributed by atoms with Crippen LogP contribution in [0.1, 0.15) is 29.8 Å². The van der Waals surface area contributed by atoms with Gasteiger partial charge in [0, 0.05) is 5.69 Å². The SMILES string of the molecule is CC(C)COC(=O)c1ccc(NC(=O)Cc2ccsc2)cc1. The van der Waals surface area contributed by atoms with E-state index in [9.17, 15) is 9.59 Å². The van der Waals surface area contributed by atoms with Gasteiger partial charge in [-0.3, -0.25) is 4.79 Å². The highest BCUT2D eigenvalue weighted by Gasteiger charge is 2.09. The molecule has 2 rings (SSSR count). The number of hydrogen-bond donors (Lipinski definition) is 1. The second kappa shape index (κ2) is 7.75. The van der Waals surface area contributed by atoms with E-state index in [1.165, 1.54) is 0 Å². The molecule has 2 aromatic rings. The Bertz CT molecular complexity index is 618. The lowest BCUT2D eigenvalue weighted by Crippen LogP contribution is -2.14. The molecule has 0 aliphatic heterocycles. The zero-order chi connectivity index (χ0) is 15.9. The summed E-state index contributed by atoms with van der Waals surface area (Å²) in [7, 11) is 0. The molecule has 0 saturated heterocycles. The number of esters is 1. The second-order valence-electron chi connectivity index (χ2n) is 5.43. The van der Waals surface area contributed by atoms with Crippen molar-refractivity contribution < 1.29 is 14.3 Å². The largest absolute Gasteiger partial charge is 0.462 e. The van der Waals surface area contributed by atoms with E-state index in [2.05, 4.69) is 5.32 Å². The first-order chi connectivity index (χ1) is 10.5. The minimum Gasteiger partial charge on any atom is -0.462 e. The van der Waals surface area contributed by atoms with Crippen LogP contribution >= 0.6 is 11.3 Å². The monoisotopic (exact) mass is 317 g/mol. The van der Waals surface area contributed by atoms with Gasteiger partial charge in [0.25, 0.3) is 0 Å². The van der Waals surface area contributed by atoms with E-state index in [1.54, 1.807) is 35.6 Å². The van der Waals surface area contributed by atoms with Crippen LogP contribution in [0.3, 0.4) is 0 Å². The van der Waals surface area contributed by atoms with Crippen LogP contribution in [0.5, 0.6) is 0 Å². The smallest absolute Gasteiger partial charge is 0.338 e. The molecule has 5 heteroatoms. The van der Waals surface area contributed by atoms with Gasteiger partial charge in [-0.2, -0.15) is 11.3 Å². The van der Waals surface area contributed by atoms with Crippen molar-refractivity contribution in [2.75, 3.05) is 11.9 Å². The molecular formula is C17H19NO3S. The molecule has 0 fully saturated rings. The van der Waals surface area contributed by atoms with Crippen LogP contribution in [-0.4, -0.2) is 18.5 Å². The van der Waals surface area contributed by atoms with Crippen molar-refractivity contribution in [3.05, 3.63) is 52.2 Å². The molecule has 22 heavy (non-hydrogen) atoms. The molecule has 0 radical (unpaired) electrons. The lowest BCUT2D eigenvalue weighted by Gasteiger charge is -2.08. The van der Waals surface area contributed by atoms with Gasteiger partial charge in [-0.1, -0.05) is 13.8 Å². The van der Waals surface area contributed by atoms with Gasteiger partial charge in [0.15, 0.2) is 0 Å². The number of hydrogen-bond acceptors (Lipinski definition) is 4. The van der Waals surface area contributed by atoms with Gasteiger partial charge in [0.05, 0.1) is 18.6 Å². The van der Waals surface area contributed by atoms with Gasteiger partial charge < -0.3 is 10.1 Å². The topological polar surface area (TPSA) is 55.4 Å². The number of amides is 1. The highest BCUT2D eigenvalue weighted by molar-refractivity contribution is 7.08. The molecule has 0 aliphatic rings. The molecule has 0 unspecified atom stereocenters. The van der Waals surface area contributed by atoms with Gasteiger partial charge in [-0.05, 0) is 52.6 Å². The van der Waals surface area contributed by atoms with Crippen LogP contribution in [0.25, 0.3) is 0 Å². The Balaban J connectivity index is 1.88. The Labute approximate surface area is 134 Å². The molecule has 1 amide bonds. The molecule has 0 spiro atoms. The molecule has 1 aromatic heterocycles. The third-order valence-corrected chi connectivity index (χ3v) is 3.63. The number of benzene rings is 1. The quantitative estimate of drug-likeness (QED) is 0.826. The van der Waals surface area contributed by atoms with E-state index in [-0.39, 0.29) is 11.9 Å². The third-order valence-electron chi connectivity index (χ3n) is 2.90. The van der Waals surface area contributed by atoms with E-state index in [0.29, 0.717) is 30.2 Å². The van der Waals surface area contributed by atoms with Crippen LogP contribution in [0.15, 0.2) is 41.1 Å². The molecule has 0 saturated carbocycles. The molecule has 1 N–H and O–H groups in total. The van der Waals surface area contributed by atoms with Crippen molar-refractivity contribution in [1.29, 1.82) is 0 Å². The summed E-state index contributed by atoms with van der Waals surface area (Å²) in [5.41, 5.74) is 2.15. The van der Waals surface area contributed by atoms with Gasteiger partial charge in [0.2, 0.25) is 5.91 Å². The lowest BCUT2D eigenvalue weighted by molar-refractivity contribution is -0.115. The fraction of sp³-hybridized carbons (Fsp3) is 0.294. The van der Waals surface area contributed by atoms with E-state index in [1.807, 2.05) is 30.7 Å². The van der Waals surface area contributed by atoms with Gasteiger partial charge in [0.1, 0.15) is 0 Å². The molecule has 1 heterocycles. The first kappa shape index (κ1) is 16.2. The maximum absolute atomic E-state index is 11.9. The predicted molar refractivity (Wildman–Crippen MR) is 88.2 cm³/mol. The van der Waals surface area contributed by atoms with Crippen molar-refractivity contribution in [2.24, 2.45) is 5.92 Å². The highest BCUT2D eigenvalue weighted by Crippen LogP contribution is 2.13. The molecule has 0 bridgehead atoms. The molecule has 0 aliphatic carbocycles. The van der Waals surface area contributed by atoms with Gasteiger partial charge >= 0.3 is 5.97 Å². The highest BCUT2D eigenvalue weighted by atomic mass is 32.1. The number of carbonyl (C=O) groups excluding carboxylic acids is 2. The van der Waals surface area contributed by atoms with Crippen LogP contribution < -0.4 is 5.32 Å². The summed E-state index contributed by atoms with van der Waals surface area (Å²) in [6.07, 6.45) is 0.349. The van der Waals surface area contributed by atoms with E-state index in [0.717, 1.165) is 5.56 Å². The number of carbonyl (C=O) groups is 2. The molecule has 1 aromatic carbocycles. The zero-order valence-corrected chi connectivity index (χ0v) is 13.5. The minimum absolute atomic E-state index is 0.0754. The van der Waals surface area contributed by atoms with E-state index >= 15 is 0 Å². The van der Waals surface area contributed by atoms with Crippen LogP contribution in [0.4, 0.5) is 5.69 Å². The standard InChI is InChI=1S/C17H19NO3S/c1-12(2)10-21-17(20)14-3-5-15(6-4-14)18-16(19)9-13-7-8-22-11-13/h3-8,11-12H,9-10H2,1-2H3,(H,18,19). The van der Waals surface area contributed by atoms with Crippen LogP contribution in [-0.2, 0) is 16.0 Å². The average molecular weight is 317 g/mol. The van der Waals surface area contributed by atoms with E-state index in [4.69, 9.17) is 4.74 Å². The Kier molecular flexibility index (Phi) is 5.72. The summed E-state index contributed by atoms with van der Waals surface area (Å²) in [6, 6.07) is 8.65. The number of thiophene rings is 1. The fourth-order valence-electron chi connectivity index (χ4n) is 1.80.